The van der Waals surface area contributed by atoms with Crippen LogP contribution in [0.5, 0.6) is 0 Å². The second kappa shape index (κ2) is 6.62. The number of halogens is 1. The van der Waals surface area contributed by atoms with Gasteiger partial charge < -0.3 is 10.0 Å². The van der Waals surface area contributed by atoms with E-state index in [1.54, 1.807) is 12.1 Å². The van der Waals surface area contributed by atoms with Crippen LogP contribution in [0.25, 0.3) is 0 Å². The number of hydrogen-bond acceptors (Lipinski definition) is 3. The van der Waals surface area contributed by atoms with E-state index >= 15 is 0 Å². The average molecular weight is 256 g/mol. The molecule has 1 N–H and O–H groups in total. The molecule has 0 radical (unpaired) electrons. The van der Waals surface area contributed by atoms with Crippen LogP contribution in [-0.4, -0.2) is 30.6 Å². The van der Waals surface area contributed by atoms with Crippen LogP contribution in [0.3, 0.4) is 0 Å². The molecule has 0 saturated carbocycles. The van der Waals surface area contributed by atoms with Gasteiger partial charge in [0, 0.05) is 35.5 Å². The summed E-state index contributed by atoms with van der Waals surface area (Å²) in [6.45, 7) is 4.98. The van der Waals surface area contributed by atoms with E-state index in [9.17, 15) is 4.79 Å². The Labute approximate surface area is 107 Å². The van der Waals surface area contributed by atoms with Crippen LogP contribution in [0.2, 0.25) is 5.02 Å². The van der Waals surface area contributed by atoms with Crippen molar-refractivity contribution < 1.29 is 9.90 Å². The minimum atomic E-state index is 0.146. The van der Waals surface area contributed by atoms with Gasteiger partial charge in [0.1, 0.15) is 0 Å². The number of aliphatic hydroxyl groups excluding tert-OH is 1. The number of aliphatic hydroxyl groups is 1. The van der Waals surface area contributed by atoms with Crippen molar-refractivity contribution >= 4 is 23.6 Å². The molecule has 0 fully saturated rings. The number of anilines is 1. The zero-order valence-electron chi connectivity index (χ0n) is 10.2. The van der Waals surface area contributed by atoms with E-state index < -0.39 is 0 Å². The van der Waals surface area contributed by atoms with Gasteiger partial charge in [0.25, 0.3) is 0 Å². The molecule has 0 spiro atoms. The molecule has 0 aliphatic heterocycles. The highest BCUT2D eigenvalue weighted by atomic mass is 35.5. The molecule has 0 amide bonds. The highest BCUT2D eigenvalue weighted by molar-refractivity contribution is 6.31. The lowest BCUT2D eigenvalue weighted by Gasteiger charge is -2.30. The van der Waals surface area contributed by atoms with Crippen LogP contribution in [0.1, 0.15) is 30.6 Å². The van der Waals surface area contributed by atoms with Gasteiger partial charge in [-0.2, -0.15) is 0 Å². The zero-order valence-corrected chi connectivity index (χ0v) is 10.9. The highest BCUT2D eigenvalue weighted by Gasteiger charge is 2.14. The van der Waals surface area contributed by atoms with Crippen molar-refractivity contribution in [1.29, 1.82) is 0 Å². The number of carbonyl (C=O) groups is 1. The summed E-state index contributed by atoms with van der Waals surface area (Å²) in [4.78, 5) is 13.1. The quantitative estimate of drug-likeness (QED) is 0.795. The lowest BCUT2D eigenvalue weighted by molar-refractivity contribution is 0.112. The topological polar surface area (TPSA) is 40.5 Å². The fraction of sp³-hybridized carbons (Fsp3) is 0.462. The van der Waals surface area contributed by atoms with Crippen molar-refractivity contribution in [3.63, 3.8) is 0 Å². The molecule has 0 bridgehead atoms. The van der Waals surface area contributed by atoms with E-state index in [0.717, 1.165) is 18.5 Å². The molecule has 0 aliphatic rings. The molecule has 1 rings (SSSR count). The highest BCUT2D eigenvalue weighted by Crippen LogP contribution is 2.24. The fourth-order valence-corrected chi connectivity index (χ4v) is 1.96. The summed E-state index contributed by atoms with van der Waals surface area (Å²) >= 11 is 5.87. The maximum Gasteiger partial charge on any atom is 0.152 e. The summed E-state index contributed by atoms with van der Waals surface area (Å²) in [7, 11) is 0. The van der Waals surface area contributed by atoms with Crippen LogP contribution in [0, 0.1) is 0 Å². The third kappa shape index (κ3) is 3.72. The average Bonchev–Trinajstić information content (AvgIpc) is 2.30. The van der Waals surface area contributed by atoms with Crippen molar-refractivity contribution in [2.75, 3.05) is 18.1 Å². The standard InChI is InChI=1S/C13H18ClNO2/c1-10(2)15(6-3-7-16)13-5-4-12(14)8-11(13)9-17/h4-5,8-10,16H,3,6-7H2,1-2H3. The van der Waals surface area contributed by atoms with Crippen molar-refractivity contribution in [2.45, 2.75) is 26.3 Å². The maximum absolute atomic E-state index is 11.0. The van der Waals surface area contributed by atoms with Crippen LogP contribution in [-0.2, 0) is 0 Å². The molecule has 17 heavy (non-hydrogen) atoms. The maximum atomic E-state index is 11.0. The van der Waals surface area contributed by atoms with E-state index in [-0.39, 0.29) is 12.6 Å². The van der Waals surface area contributed by atoms with Gasteiger partial charge in [-0.05, 0) is 38.5 Å². The van der Waals surface area contributed by atoms with Crippen molar-refractivity contribution in [3.8, 4) is 0 Å². The number of rotatable bonds is 6. The van der Waals surface area contributed by atoms with Crippen LogP contribution < -0.4 is 4.90 Å². The molecule has 1 aromatic carbocycles. The van der Waals surface area contributed by atoms with Crippen molar-refractivity contribution in [3.05, 3.63) is 28.8 Å². The van der Waals surface area contributed by atoms with Gasteiger partial charge in [0.2, 0.25) is 0 Å². The summed E-state index contributed by atoms with van der Waals surface area (Å²) in [5, 5.41) is 9.45. The smallest absolute Gasteiger partial charge is 0.152 e. The Morgan fingerprint density at radius 1 is 1.47 bits per heavy atom. The third-order valence-electron chi connectivity index (χ3n) is 2.61. The Bertz CT molecular complexity index is 380. The van der Waals surface area contributed by atoms with Crippen LogP contribution >= 0.6 is 11.6 Å². The van der Waals surface area contributed by atoms with Crippen molar-refractivity contribution in [1.82, 2.24) is 0 Å². The van der Waals surface area contributed by atoms with E-state index in [1.807, 2.05) is 6.07 Å². The SMILES string of the molecule is CC(C)N(CCCO)c1ccc(Cl)cc1C=O. The monoisotopic (exact) mass is 255 g/mol. The Morgan fingerprint density at radius 3 is 2.71 bits per heavy atom. The molecule has 0 aliphatic carbocycles. The minimum absolute atomic E-state index is 0.146. The predicted molar refractivity (Wildman–Crippen MR) is 71.0 cm³/mol. The molecule has 0 saturated heterocycles. The number of aldehydes is 1. The molecule has 0 aromatic heterocycles. The molecule has 1 aromatic rings. The second-order valence-electron chi connectivity index (χ2n) is 4.19. The second-order valence-corrected chi connectivity index (χ2v) is 4.62. The predicted octanol–water partition coefficient (Wildman–Crippen LogP) is 2.75. The first kappa shape index (κ1) is 14.0. The Hall–Kier alpha value is -1.06. The number of benzene rings is 1. The molecule has 0 heterocycles. The van der Waals surface area contributed by atoms with Crippen LogP contribution in [0.15, 0.2) is 18.2 Å². The summed E-state index contributed by atoms with van der Waals surface area (Å²) in [6.07, 6.45) is 1.49. The van der Waals surface area contributed by atoms with Gasteiger partial charge in [-0.3, -0.25) is 4.79 Å². The normalized spacial score (nSPS) is 10.6. The molecule has 94 valence electrons. The summed E-state index contributed by atoms with van der Waals surface area (Å²) in [6, 6.07) is 5.56. The van der Waals surface area contributed by atoms with E-state index in [0.29, 0.717) is 17.0 Å². The lowest BCUT2D eigenvalue weighted by atomic mass is 10.1. The fourth-order valence-electron chi connectivity index (χ4n) is 1.78. The third-order valence-corrected chi connectivity index (χ3v) is 2.84. The zero-order chi connectivity index (χ0) is 12.8. The molecule has 0 atom stereocenters. The van der Waals surface area contributed by atoms with E-state index in [2.05, 4.69) is 18.7 Å². The molecular formula is C13H18ClNO2. The first-order chi connectivity index (χ1) is 8.10. The number of hydrogen-bond donors (Lipinski definition) is 1. The van der Waals surface area contributed by atoms with E-state index in [4.69, 9.17) is 16.7 Å². The Kier molecular flexibility index (Phi) is 5.45. The molecule has 4 heteroatoms. The van der Waals surface area contributed by atoms with Gasteiger partial charge in [0.05, 0.1) is 0 Å². The van der Waals surface area contributed by atoms with Gasteiger partial charge in [-0.25, -0.2) is 0 Å². The number of nitrogens with zero attached hydrogens (tertiary/aromatic N) is 1. The largest absolute Gasteiger partial charge is 0.396 e. The molecular weight excluding hydrogens is 238 g/mol. The summed E-state index contributed by atoms with van der Waals surface area (Å²) < 4.78 is 0. The summed E-state index contributed by atoms with van der Waals surface area (Å²) in [5.74, 6) is 0. The molecule has 0 unspecified atom stereocenters. The van der Waals surface area contributed by atoms with E-state index in [1.165, 1.54) is 0 Å². The van der Waals surface area contributed by atoms with Gasteiger partial charge in [0.15, 0.2) is 6.29 Å². The number of carbonyl (C=O) groups excluding carboxylic acids is 1. The minimum Gasteiger partial charge on any atom is -0.396 e. The van der Waals surface area contributed by atoms with Crippen LogP contribution in [0.4, 0.5) is 5.69 Å². The first-order valence-electron chi connectivity index (χ1n) is 5.72. The van der Waals surface area contributed by atoms with Gasteiger partial charge >= 0.3 is 0 Å². The summed E-state index contributed by atoms with van der Waals surface area (Å²) in [5.41, 5.74) is 1.46. The van der Waals surface area contributed by atoms with Gasteiger partial charge in [-0.1, -0.05) is 11.6 Å². The van der Waals surface area contributed by atoms with Gasteiger partial charge in [-0.15, -0.1) is 0 Å². The van der Waals surface area contributed by atoms with Crippen molar-refractivity contribution in [2.24, 2.45) is 0 Å². The Morgan fingerprint density at radius 2 is 2.18 bits per heavy atom. The Balaban J connectivity index is 3.04. The first-order valence-corrected chi connectivity index (χ1v) is 6.10. The lowest BCUT2D eigenvalue weighted by Crippen LogP contribution is -2.33. The molecule has 3 nitrogen and oxygen atoms in total.